The van der Waals surface area contributed by atoms with E-state index in [0.717, 1.165) is 11.8 Å². The van der Waals surface area contributed by atoms with Gasteiger partial charge in [0.2, 0.25) is 0 Å². The van der Waals surface area contributed by atoms with Crippen LogP contribution in [0, 0.1) is 11.8 Å². The van der Waals surface area contributed by atoms with E-state index in [1.165, 1.54) is 38.5 Å². The number of hydrogen-bond acceptors (Lipinski definition) is 2. The van der Waals surface area contributed by atoms with E-state index >= 15 is 0 Å². The third-order valence-corrected chi connectivity index (χ3v) is 3.55. The van der Waals surface area contributed by atoms with Crippen LogP contribution in [0.2, 0.25) is 0 Å². The van der Waals surface area contributed by atoms with Crippen LogP contribution in [-0.4, -0.2) is 26.1 Å². The second-order valence-corrected chi connectivity index (χ2v) is 4.81. The van der Waals surface area contributed by atoms with Crippen LogP contribution in [0.15, 0.2) is 4.99 Å². The highest BCUT2D eigenvalue weighted by Gasteiger charge is 2.22. The predicted octanol–water partition coefficient (Wildman–Crippen LogP) is 2.60. The molecular weight excluding hydrogens is 200 g/mol. The normalized spacial score (nSPS) is 27.0. The number of nitrogens with zero attached hydrogens (tertiary/aromatic N) is 1. The van der Waals surface area contributed by atoms with Crippen molar-refractivity contribution in [2.24, 2.45) is 22.6 Å². The highest BCUT2D eigenvalue weighted by Crippen LogP contribution is 2.31. The highest BCUT2D eigenvalue weighted by atomic mass is 16.5. The van der Waals surface area contributed by atoms with Crippen LogP contribution >= 0.6 is 0 Å². The van der Waals surface area contributed by atoms with E-state index in [1.54, 1.807) is 7.11 Å². The summed E-state index contributed by atoms with van der Waals surface area (Å²) in [7, 11) is 1.70. The van der Waals surface area contributed by atoms with Crippen molar-refractivity contribution in [1.29, 1.82) is 0 Å². The molecule has 1 saturated carbocycles. The fourth-order valence-corrected chi connectivity index (χ4v) is 2.55. The Morgan fingerprint density at radius 1 is 1.31 bits per heavy atom. The molecule has 0 atom stereocenters. The fourth-order valence-electron chi connectivity index (χ4n) is 2.55. The molecule has 0 aliphatic heterocycles. The van der Waals surface area contributed by atoms with Crippen LogP contribution in [-0.2, 0) is 4.74 Å². The molecule has 2 N–H and O–H groups in total. The van der Waals surface area contributed by atoms with Crippen molar-refractivity contribution in [3.05, 3.63) is 0 Å². The summed E-state index contributed by atoms with van der Waals surface area (Å²) in [4.78, 5) is 4.38. The van der Waals surface area contributed by atoms with Crippen molar-refractivity contribution in [3.8, 4) is 0 Å². The Morgan fingerprint density at radius 3 is 2.56 bits per heavy atom. The minimum Gasteiger partial charge on any atom is -0.387 e. The summed E-state index contributed by atoms with van der Waals surface area (Å²) in [6.07, 6.45) is 7.82. The van der Waals surface area contributed by atoms with E-state index < -0.39 is 0 Å². The summed E-state index contributed by atoms with van der Waals surface area (Å²) in [6.45, 7) is 3.65. The molecule has 0 spiro atoms. The van der Waals surface area contributed by atoms with Crippen molar-refractivity contribution in [1.82, 2.24) is 0 Å². The maximum atomic E-state index is 6.00. The van der Waals surface area contributed by atoms with Gasteiger partial charge in [-0.1, -0.05) is 19.8 Å². The van der Waals surface area contributed by atoms with Gasteiger partial charge in [0.25, 0.3) is 0 Å². The highest BCUT2D eigenvalue weighted by molar-refractivity contribution is 5.82. The Morgan fingerprint density at radius 2 is 2.00 bits per heavy atom. The molecule has 1 aliphatic carbocycles. The summed E-state index contributed by atoms with van der Waals surface area (Å²) in [5.41, 5.74) is 6.00. The van der Waals surface area contributed by atoms with Gasteiger partial charge in [-0.2, -0.15) is 0 Å². The maximum absolute atomic E-state index is 6.00. The number of aliphatic imine (C=N–C) groups is 1. The summed E-state index contributed by atoms with van der Waals surface area (Å²) < 4.78 is 4.97. The number of hydrogen-bond donors (Lipinski definition) is 1. The van der Waals surface area contributed by atoms with Gasteiger partial charge in [0.05, 0.1) is 19.0 Å². The zero-order valence-corrected chi connectivity index (χ0v) is 10.7. The van der Waals surface area contributed by atoms with E-state index in [4.69, 9.17) is 10.5 Å². The van der Waals surface area contributed by atoms with Crippen molar-refractivity contribution >= 4 is 5.84 Å². The lowest BCUT2D eigenvalue weighted by atomic mass is 9.79. The minimum atomic E-state index is 0.532. The lowest BCUT2D eigenvalue weighted by molar-refractivity contribution is 0.207. The first-order chi connectivity index (χ1) is 7.77. The van der Waals surface area contributed by atoms with Gasteiger partial charge in [-0.3, -0.25) is 4.99 Å². The molecule has 0 aromatic carbocycles. The van der Waals surface area contributed by atoms with Crippen LogP contribution in [0.25, 0.3) is 0 Å². The Kier molecular flexibility index (Phi) is 6.46. The summed E-state index contributed by atoms with van der Waals surface area (Å²) in [6, 6.07) is 0. The van der Waals surface area contributed by atoms with Crippen LogP contribution in [0.1, 0.15) is 45.4 Å². The van der Waals surface area contributed by atoms with Gasteiger partial charge in [0.1, 0.15) is 0 Å². The van der Waals surface area contributed by atoms with Crippen LogP contribution in [0.3, 0.4) is 0 Å². The van der Waals surface area contributed by atoms with Gasteiger partial charge in [0, 0.05) is 13.0 Å². The maximum Gasteiger partial charge on any atom is 0.0969 e. The lowest BCUT2D eigenvalue weighted by Gasteiger charge is -2.27. The smallest absolute Gasteiger partial charge is 0.0969 e. The third-order valence-electron chi connectivity index (χ3n) is 3.55. The first kappa shape index (κ1) is 13.5. The van der Waals surface area contributed by atoms with Gasteiger partial charge in [-0.05, 0) is 31.6 Å². The molecule has 0 unspecified atom stereocenters. The number of ether oxygens (including phenoxy) is 1. The van der Waals surface area contributed by atoms with E-state index in [9.17, 15) is 0 Å². The monoisotopic (exact) mass is 226 g/mol. The Bertz CT molecular complexity index is 208. The number of amidine groups is 1. The Labute approximate surface area is 99.5 Å². The molecule has 0 bridgehead atoms. The molecule has 16 heavy (non-hydrogen) atoms. The fraction of sp³-hybridized carbons (Fsp3) is 0.923. The summed E-state index contributed by atoms with van der Waals surface area (Å²) >= 11 is 0. The van der Waals surface area contributed by atoms with Gasteiger partial charge in [-0.25, -0.2) is 0 Å². The quantitative estimate of drug-likeness (QED) is 0.430. The number of nitrogens with two attached hydrogens (primary N) is 1. The third kappa shape index (κ3) is 4.52. The standard InChI is InChI=1S/C13H26N2O/c1-3-4-11-5-7-12(8-6-11)13(14)15-9-10-16-2/h11-12H,3-10H2,1-2H3,(H2,14,15). The van der Waals surface area contributed by atoms with Gasteiger partial charge >= 0.3 is 0 Å². The van der Waals surface area contributed by atoms with Crippen molar-refractivity contribution in [3.63, 3.8) is 0 Å². The largest absolute Gasteiger partial charge is 0.387 e. The number of rotatable bonds is 6. The summed E-state index contributed by atoms with van der Waals surface area (Å²) in [5, 5.41) is 0. The second-order valence-electron chi connectivity index (χ2n) is 4.81. The predicted molar refractivity (Wildman–Crippen MR) is 68.7 cm³/mol. The zero-order valence-electron chi connectivity index (χ0n) is 10.7. The molecule has 0 radical (unpaired) electrons. The molecule has 1 fully saturated rings. The first-order valence-electron chi connectivity index (χ1n) is 6.56. The van der Waals surface area contributed by atoms with Crippen LogP contribution in [0.4, 0.5) is 0 Å². The molecule has 0 aromatic heterocycles. The molecule has 0 amide bonds. The van der Waals surface area contributed by atoms with Crippen molar-refractivity contribution < 1.29 is 4.74 Å². The molecule has 0 saturated heterocycles. The average Bonchev–Trinajstić information content (AvgIpc) is 2.30. The first-order valence-corrected chi connectivity index (χ1v) is 6.56. The lowest BCUT2D eigenvalue weighted by Crippen LogP contribution is -2.28. The summed E-state index contributed by atoms with van der Waals surface area (Å²) in [5.74, 6) is 2.32. The van der Waals surface area contributed by atoms with Gasteiger partial charge in [0.15, 0.2) is 0 Å². The van der Waals surface area contributed by atoms with Gasteiger partial charge < -0.3 is 10.5 Å². The Balaban J connectivity index is 2.26. The van der Waals surface area contributed by atoms with Crippen molar-refractivity contribution in [2.45, 2.75) is 45.4 Å². The number of methoxy groups -OCH3 is 1. The molecule has 0 heterocycles. The molecular formula is C13H26N2O. The van der Waals surface area contributed by atoms with E-state index in [0.29, 0.717) is 19.1 Å². The van der Waals surface area contributed by atoms with Gasteiger partial charge in [-0.15, -0.1) is 0 Å². The van der Waals surface area contributed by atoms with E-state index in [1.807, 2.05) is 0 Å². The van der Waals surface area contributed by atoms with Crippen LogP contribution < -0.4 is 5.73 Å². The average molecular weight is 226 g/mol. The minimum absolute atomic E-state index is 0.532. The topological polar surface area (TPSA) is 47.6 Å². The molecule has 1 rings (SSSR count). The van der Waals surface area contributed by atoms with E-state index in [2.05, 4.69) is 11.9 Å². The zero-order chi connectivity index (χ0) is 11.8. The molecule has 1 aliphatic rings. The SMILES string of the molecule is CCCC1CCC(C(N)=NCCOC)CC1. The second kappa shape index (κ2) is 7.66. The van der Waals surface area contributed by atoms with Crippen molar-refractivity contribution in [2.75, 3.05) is 20.3 Å². The molecule has 0 aromatic rings. The molecule has 3 nitrogen and oxygen atoms in total. The van der Waals surface area contributed by atoms with Crippen LogP contribution in [0.5, 0.6) is 0 Å². The van der Waals surface area contributed by atoms with E-state index in [-0.39, 0.29) is 0 Å². The molecule has 94 valence electrons. The Hall–Kier alpha value is -0.570. The molecule has 3 heteroatoms.